The molecular weight excluding hydrogens is 555 g/mol. The number of rotatable bonds is 4. The summed E-state index contributed by atoms with van der Waals surface area (Å²) in [6, 6.07) is 8.69. The van der Waals surface area contributed by atoms with Crippen molar-refractivity contribution in [2.45, 2.75) is 40.4 Å². The second kappa shape index (κ2) is 11.3. The van der Waals surface area contributed by atoms with Gasteiger partial charge in [-0.15, -0.1) is 0 Å². The molecule has 0 aliphatic carbocycles. The molecule has 0 atom stereocenters. The molecule has 14 heteroatoms. The molecule has 190 valence electrons. The zero-order valence-electron chi connectivity index (χ0n) is 19.4. The van der Waals surface area contributed by atoms with Crippen molar-refractivity contribution in [2.24, 2.45) is 0 Å². The topological polar surface area (TPSA) is 78.0 Å². The quantitative estimate of drug-likeness (QED) is 0.494. The fourth-order valence-corrected chi connectivity index (χ4v) is 5.73. The van der Waals surface area contributed by atoms with Gasteiger partial charge in [0.05, 0.1) is 31.2 Å². The van der Waals surface area contributed by atoms with E-state index in [0.717, 1.165) is 57.1 Å². The number of halogens is 5. The minimum atomic E-state index is -4.10. The molecule has 0 aromatic heterocycles. The van der Waals surface area contributed by atoms with Gasteiger partial charge in [0, 0.05) is 5.54 Å². The van der Waals surface area contributed by atoms with Gasteiger partial charge in [0.25, 0.3) is 0 Å². The Labute approximate surface area is 215 Å². The highest BCUT2D eigenvalue weighted by Gasteiger charge is 2.41. The number of hydrogen-bond acceptors (Lipinski definition) is 5. The van der Waals surface area contributed by atoms with Gasteiger partial charge in [0.1, 0.15) is 11.6 Å². The average Bonchev–Trinajstić information content (AvgIpc) is 2.72. The maximum Gasteiger partial charge on any atom is 0.245 e. The molecule has 0 amide bonds. The maximum absolute atomic E-state index is 13.2. The molecule has 0 N–H and O–H groups in total. The summed E-state index contributed by atoms with van der Waals surface area (Å²) in [4.78, 5) is 1.41. The van der Waals surface area contributed by atoms with Gasteiger partial charge in [0.15, 0.2) is 4.27 Å². The second-order valence-corrected chi connectivity index (χ2v) is 13.8. The van der Waals surface area contributed by atoms with Crippen LogP contribution in [0.5, 0.6) is 0 Å². The van der Waals surface area contributed by atoms with Crippen molar-refractivity contribution in [2.75, 3.05) is 20.0 Å². The highest BCUT2D eigenvalue weighted by atomic mass is 35.6. The van der Waals surface area contributed by atoms with Crippen LogP contribution in [0.3, 0.4) is 0 Å². The minimum absolute atomic E-state index is 0.0430. The number of sulfonamides is 2. The zero-order chi connectivity index (χ0) is 26.8. The lowest BCUT2D eigenvalue weighted by Gasteiger charge is -2.46. The monoisotopic (exact) mass is 578 g/mol. The van der Waals surface area contributed by atoms with Crippen molar-refractivity contribution < 1.29 is 27.0 Å². The van der Waals surface area contributed by atoms with Crippen LogP contribution < -0.4 is 0 Å². The van der Waals surface area contributed by atoms with Gasteiger partial charge in [-0.2, -0.15) is 8.61 Å². The van der Waals surface area contributed by atoms with Crippen LogP contribution in [0.15, 0.2) is 58.3 Å². The van der Waals surface area contributed by atoms with E-state index < -0.39 is 48.2 Å². The van der Waals surface area contributed by atoms with Crippen LogP contribution in [0.2, 0.25) is 0 Å². The first-order chi connectivity index (χ1) is 15.8. The SMILES string of the molecule is CC(C)(C)N1CN(S(=O)(=O)c2ccc(F)cc2)CN(S(=O)(=O)c2ccc(F)cc2)C1.[2H]C(Cl)(Cl)Cl. The van der Waals surface area contributed by atoms with Crippen molar-refractivity contribution in [1.29, 1.82) is 0 Å². The molecule has 0 bridgehead atoms. The molecular formula is C20H24Cl3F2N3O4S2. The smallest absolute Gasteiger partial charge is 0.245 e. The van der Waals surface area contributed by atoms with Gasteiger partial charge in [-0.1, -0.05) is 34.8 Å². The van der Waals surface area contributed by atoms with Crippen molar-refractivity contribution in [3.8, 4) is 0 Å². The number of benzene rings is 2. The fraction of sp³-hybridized carbons (Fsp3) is 0.400. The maximum atomic E-state index is 13.2. The van der Waals surface area contributed by atoms with Gasteiger partial charge in [-0.05, 0) is 69.3 Å². The zero-order valence-corrected chi connectivity index (χ0v) is 22.3. The molecule has 1 fully saturated rings. The van der Waals surface area contributed by atoms with E-state index in [1.54, 1.807) is 4.90 Å². The number of nitrogens with zero attached hydrogens (tertiary/aromatic N) is 3. The van der Waals surface area contributed by atoms with E-state index in [0.29, 0.717) is 0 Å². The van der Waals surface area contributed by atoms with E-state index in [1.165, 1.54) is 0 Å². The summed E-state index contributed by atoms with van der Waals surface area (Å²) in [5.74, 6) is -1.16. The summed E-state index contributed by atoms with van der Waals surface area (Å²) in [6.45, 7) is 5.00. The molecule has 3 rings (SSSR count). The van der Waals surface area contributed by atoms with Crippen molar-refractivity contribution in [1.82, 2.24) is 13.5 Å². The molecule has 1 saturated heterocycles. The third-order valence-electron chi connectivity index (χ3n) is 4.82. The third-order valence-corrected chi connectivity index (χ3v) is 8.38. The normalized spacial score (nSPS) is 17.6. The molecule has 1 heterocycles. The molecule has 34 heavy (non-hydrogen) atoms. The summed E-state index contributed by atoms with van der Waals surface area (Å²) < 4.78 is 85.4. The largest absolute Gasteiger partial charge is 0.271 e. The van der Waals surface area contributed by atoms with Crippen LogP contribution in [0.4, 0.5) is 8.78 Å². The third kappa shape index (κ3) is 7.47. The molecule has 0 radical (unpaired) electrons. The van der Waals surface area contributed by atoms with E-state index in [-0.39, 0.29) is 23.1 Å². The molecule has 2 aromatic rings. The van der Waals surface area contributed by atoms with Crippen molar-refractivity contribution in [3.63, 3.8) is 0 Å². The predicted molar refractivity (Wildman–Crippen MR) is 128 cm³/mol. The fourth-order valence-electron chi connectivity index (χ4n) is 2.93. The Morgan fingerprint density at radius 1 is 0.765 bits per heavy atom. The lowest BCUT2D eigenvalue weighted by Crippen LogP contribution is -2.62. The molecule has 2 aromatic carbocycles. The van der Waals surface area contributed by atoms with Gasteiger partial charge >= 0.3 is 0 Å². The van der Waals surface area contributed by atoms with Gasteiger partial charge < -0.3 is 0 Å². The first kappa shape index (κ1) is 27.5. The predicted octanol–water partition coefficient (Wildman–Crippen LogP) is 4.62. The van der Waals surface area contributed by atoms with Crippen LogP contribution in [-0.2, 0) is 20.0 Å². The Kier molecular flexibility index (Phi) is 9.18. The van der Waals surface area contributed by atoms with E-state index in [2.05, 4.69) is 0 Å². The Morgan fingerprint density at radius 2 is 1.06 bits per heavy atom. The van der Waals surface area contributed by atoms with Crippen LogP contribution >= 0.6 is 34.8 Å². The molecule has 0 saturated carbocycles. The molecule has 1 aliphatic rings. The Bertz CT molecular complexity index is 1130. The lowest BCUT2D eigenvalue weighted by molar-refractivity contribution is 0.00110. The summed E-state index contributed by atoms with van der Waals surface area (Å²) in [6.07, 6.45) is 0. The van der Waals surface area contributed by atoms with E-state index in [1.807, 2.05) is 20.8 Å². The summed E-state index contributed by atoms with van der Waals surface area (Å²) in [5.41, 5.74) is -0.548. The molecule has 0 unspecified atom stereocenters. The number of alkyl halides is 3. The minimum Gasteiger partial charge on any atom is -0.271 e. The van der Waals surface area contributed by atoms with Gasteiger partial charge in [0.2, 0.25) is 20.0 Å². The van der Waals surface area contributed by atoms with E-state index in [9.17, 15) is 25.6 Å². The first-order valence-electron chi connectivity index (χ1n) is 10.1. The van der Waals surface area contributed by atoms with E-state index in [4.69, 9.17) is 36.2 Å². The molecule has 1 aliphatic heterocycles. The van der Waals surface area contributed by atoms with Crippen molar-refractivity contribution >= 4 is 54.8 Å². The standard InChI is InChI=1S/C19H23F2N3O4S2.CHCl3/c1-19(2,3)22-12-23(29(25,26)17-8-4-15(20)5-9-17)14-24(13-22)30(27,28)18-10-6-16(21)7-11-18;2-1(3)4/h4-11H,12-14H2,1-3H3;1H/i;1D. The van der Waals surface area contributed by atoms with Crippen LogP contribution in [0.25, 0.3) is 0 Å². The molecule has 7 nitrogen and oxygen atoms in total. The van der Waals surface area contributed by atoms with Gasteiger partial charge in [-0.25, -0.2) is 25.6 Å². The van der Waals surface area contributed by atoms with Crippen LogP contribution in [0.1, 0.15) is 22.1 Å². The Morgan fingerprint density at radius 3 is 1.32 bits per heavy atom. The van der Waals surface area contributed by atoms with Crippen molar-refractivity contribution in [3.05, 3.63) is 60.2 Å². The van der Waals surface area contributed by atoms with Gasteiger partial charge in [-0.3, -0.25) is 4.90 Å². The lowest BCUT2D eigenvalue weighted by atomic mass is 10.1. The van der Waals surface area contributed by atoms with E-state index >= 15 is 0 Å². The summed E-state index contributed by atoms with van der Waals surface area (Å²) in [5, 5.41) is 0. The van der Waals surface area contributed by atoms with Crippen LogP contribution in [0, 0.1) is 11.6 Å². The second-order valence-electron chi connectivity index (χ2n) is 8.17. The highest BCUT2D eigenvalue weighted by molar-refractivity contribution is 7.90. The first-order valence-corrected chi connectivity index (χ1v) is 13.7. The van der Waals surface area contributed by atoms with Crippen LogP contribution in [-0.4, -0.2) is 60.2 Å². The summed E-state index contributed by atoms with van der Waals surface area (Å²) >= 11 is 14.2. The highest BCUT2D eigenvalue weighted by Crippen LogP contribution is 2.28. The Hall–Kier alpha value is -1.05. The number of hydrogen-bond donors (Lipinski definition) is 0. The summed E-state index contributed by atoms with van der Waals surface area (Å²) in [7, 11) is -8.19. The molecule has 0 spiro atoms. The Balaban J connectivity index is 0.000000784. The average molecular weight is 580 g/mol.